The maximum atomic E-state index is 12.3. The molecule has 1 saturated heterocycles. The number of nitrogens with zero attached hydrogens (tertiary/aromatic N) is 1. The number of rotatable bonds is 2. The number of nitrogens with one attached hydrogen (secondary N) is 2. The Balaban J connectivity index is 2.74. The molecular weight excluding hydrogens is 222 g/mol. The number of carboxylic acid groups (broad SMARTS) is 1. The Labute approximate surface area is 101 Å². The molecule has 1 atom stereocenters. The van der Waals surface area contributed by atoms with E-state index in [0.717, 1.165) is 13.1 Å². The van der Waals surface area contributed by atoms with Crippen LogP contribution in [0.3, 0.4) is 0 Å². The first-order valence-corrected chi connectivity index (χ1v) is 5.81. The van der Waals surface area contributed by atoms with Crippen LogP contribution in [0.5, 0.6) is 0 Å². The van der Waals surface area contributed by atoms with E-state index in [1.54, 1.807) is 4.90 Å². The highest BCUT2D eigenvalue weighted by molar-refractivity contribution is 5.86. The molecule has 1 aliphatic heterocycles. The lowest BCUT2D eigenvalue weighted by atomic mass is 9.85. The van der Waals surface area contributed by atoms with Crippen molar-refractivity contribution >= 4 is 12.0 Å². The highest BCUT2D eigenvalue weighted by Gasteiger charge is 2.35. The lowest BCUT2D eigenvalue weighted by molar-refractivity contribution is -0.136. The third kappa shape index (κ3) is 3.89. The maximum absolute atomic E-state index is 12.3. The molecule has 1 aliphatic rings. The molecule has 3 N–H and O–H groups in total. The van der Waals surface area contributed by atoms with Gasteiger partial charge in [-0.1, -0.05) is 20.8 Å². The first-order valence-electron chi connectivity index (χ1n) is 5.81. The molecule has 0 aliphatic carbocycles. The van der Waals surface area contributed by atoms with Crippen molar-refractivity contribution in [2.75, 3.05) is 26.2 Å². The molecule has 17 heavy (non-hydrogen) atoms. The summed E-state index contributed by atoms with van der Waals surface area (Å²) in [6.07, 6.45) is -1.16. The first-order chi connectivity index (χ1) is 7.82. The van der Waals surface area contributed by atoms with Gasteiger partial charge in [0.15, 0.2) is 0 Å². The third-order valence-electron chi connectivity index (χ3n) is 2.81. The summed E-state index contributed by atoms with van der Waals surface area (Å²) >= 11 is 0. The van der Waals surface area contributed by atoms with Crippen LogP contribution in [-0.4, -0.2) is 54.2 Å². The van der Waals surface area contributed by atoms with Crippen LogP contribution in [-0.2, 0) is 4.79 Å². The van der Waals surface area contributed by atoms with Crippen LogP contribution < -0.4 is 10.6 Å². The molecular formula is C11H21N3O3. The van der Waals surface area contributed by atoms with Crippen LogP contribution in [0, 0.1) is 5.41 Å². The van der Waals surface area contributed by atoms with Gasteiger partial charge in [-0.3, -0.25) is 4.79 Å². The second-order valence-corrected chi connectivity index (χ2v) is 5.32. The fourth-order valence-corrected chi connectivity index (χ4v) is 1.84. The third-order valence-corrected chi connectivity index (χ3v) is 2.81. The van der Waals surface area contributed by atoms with Gasteiger partial charge in [-0.15, -0.1) is 0 Å². The van der Waals surface area contributed by atoms with E-state index in [1.165, 1.54) is 0 Å². The second kappa shape index (κ2) is 5.35. The number of hydrogen-bond donors (Lipinski definition) is 3. The molecule has 0 bridgehead atoms. The standard InChI is InChI=1S/C11H21N3O3/c1-11(2,3)8(13-10(16)17)9(15)14-6-4-12-5-7-14/h8,12-13H,4-7H2,1-3H3,(H,16,17). The minimum absolute atomic E-state index is 0.138. The van der Waals surface area contributed by atoms with Crippen LogP contribution in [0.2, 0.25) is 0 Å². The summed E-state index contributed by atoms with van der Waals surface area (Å²) in [5.41, 5.74) is -0.430. The summed E-state index contributed by atoms with van der Waals surface area (Å²) in [5.74, 6) is -0.138. The Hall–Kier alpha value is -1.30. The number of carbonyl (C=O) groups excluding carboxylic acids is 1. The van der Waals surface area contributed by atoms with E-state index in [-0.39, 0.29) is 5.91 Å². The minimum atomic E-state index is -1.16. The van der Waals surface area contributed by atoms with E-state index in [2.05, 4.69) is 10.6 Å². The monoisotopic (exact) mass is 243 g/mol. The van der Waals surface area contributed by atoms with Crippen LogP contribution in [0.15, 0.2) is 0 Å². The van der Waals surface area contributed by atoms with Crippen molar-refractivity contribution in [3.63, 3.8) is 0 Å². The highest BCUT2D eigenvalue weighted by atomic mass is 16.4. The summed E-state index contributed by atoms with van der Waals surface area (Å²) in [4.78, 5) is 24.7. The van der Waals surface area contributed by atoms with Crippen LogP contribution in [0.1, 0.15) is 20.8 Å². The Morgan fingerprint density at radius 2 is 1.82 bits per heavy atom. The Morgan fingerprint density at radius 3 is 2.24 bits per heavy atom. The van der Waals surface area contributed by atoms with Gasteiger partial charge >= 0.3 is 6.09 Å². The average molecular weight is 243 g/mol. The Kier molecular flexibility index (Phi) is 4.34. The van der Waals surface area contributed by atoms with Crippen LogP contribution >= 0.6 is 0 Å². The average Bonchev–Trinajstić information content (AvgIpc) is 2.24. The van der Waals surface area contributed by atoms with Crippen molar-refractivity contribution in [1.29, 1.82) is 0 Å². The normalized spacial score (nSPS) is 18.6. The summed E-state index contributed by atoms with van der Waals surface area (Å²) in [6, 6.07) is -0.696. The van der Waals surface area contributed by atoms with Gasteiger partial charge in [-0.05, 0) is 5.41 Å². The van der Waals surface area contributed by atoms with Crippen molar-refractivity contribution < 1.29 is 14.7 Å². The second-order valence-electron chi connectivity index (χ2n) is 5.32. The van der Waals surface area contributed by atoms with Crippen molar-refractivity contribution in [3.05, 3.63) is 0 Å². The van der Waals surface area contributed by atoms with E-state index in [4.69, 9.17) is 5.11 Å². The number of carbonyl (C=O) groups is 2. The molecule has 2 amide bonds. The van der Waals surface area contributed by atoms with Gasteiger partial charge in [0.25, 0.3) is 0 Å². The van der Waals surface area contributed by atoms with Crippen molar-refractivity contribution in [1.82, 2.24) is 15.5 Å². The fraction of sp³-hybridized carbons (Fsp3) is 0.818. The van der Waals surface area contributed by atoms with Gasteiger partial charge in [0.05, 0.1) is 0 Å². The molecule has 0 saturated carbocycles. The summed E-state index contributed by atoms with van der Waals surface area (Å²) in [5, 5.41) is 14.3. The Morgan fingerprint density at radius 1 is 1.29 bits per heavy atom. The van der Waals surface area contributed by atoms with Gasteiger partial charge in [-0.2, -0.15) is 0 Å². The van der Waals surface area contributed by atoms with E-state index >= 15 is 0 Å². The zero-order valence-electron chi connectivity index (χ0n) is 10.6. The predicted molar refractivity (Wildman–Crippen MR) is 63.9 cm³/mol. The van der Waals surface area contributed by atoms with E-state index in [1.807, 2.05) is 20.8 Å². The van der Waals surface area contributed by atoms with E-state index in [0.29, 0.717) is 13.1 Å². The van der Waals surface area contributed by atoms with Crippen LogP contribution in [0.25, 0.3) is 0 Å². The van der Waals surface area contributed by atoms with Crippen LogP contribution in [0.4, 0.5) is 4.79 Å². The topological polar surface area (TPSA) is 81.7 Å². The van der Waals surface area contributed by atoms with Gasteiger partial charge in [0.2, 0.25) is 5.91 Å². The Bertz CT molecular complexity index is 293. The molecule has 1 heterocycles. The molecule has 0 radical (unpaired) electrons. The molecule has 0 aromatic heterocycles. The quantitative estimate of drug-likeness (QED) is 0.642. The number of hydrogen-bond acceptors (Lipinski definition) is 3. The molecule has 0 spiro atoms. The van der Waals surface area contributed by atoms with Gasteiger partial charge in [-0.25, -0.2) is 4.79 Å². The van der Waals surface area contributed by atoms with Gasteiger partial charge in [0.1, 0.15) is 6.04 Å². The van der Waals surface area contributed by atoms with E-state index < -0.39 is 17.6 Å². The van der Waals surface area contributed by atoms with Crippen molar-refractivity contribution in [3.8, 4) is 0 Å². The molecule has 1 rings (SSSR count). The predicted octanol–water partition coefficient (Wildman–Crippen LogP) is 0.101. The number of amides is 2. The zero-order valence-corrected chi connectivity index (χ0v) is 10.6. The molecule has 1 fully saturated rings. The SMILES string of the molecule is CC(C)(C)C(NC(=O)O)C(=O)N1CCNCC1. The van der Waals surface area contributed by atoms with Gasteiger partial charge in [0, 0.05) is 26.2 Å². The molecule has 98 valence electrons. The van der Waals surface area contributed by atoms with Gasteiger partial charge < -0.3 is 20.6 Å². The lowest BCUT2D eigenvalue weighted by Gasteiger charge is -2.36. The molecule has 6 nitrogen and oxygen atoms in total. The lowest BCUT2D eigenvalue weighted by Crippen LogP contribution is -2.57. The van der Waals surface area contributed by atoms with Crippen molar-refractivity contribution in [2.45, 2.75) is 26.8 Å². The molecule has 0 aromatic rings. The maximum Gasteiger partial charge on any atom is 0.405 e. The molecule has 1 unspecified atom stereocenters. The zero-order chi connectivity index (χ0) is 13.1. The van der Waals surface area contributed by atoms with Crippen molar-refractivity contribution in [2.24, 2.45) is 5.41 Å². The minimum Gasteiger partial charge on any atom is -0.465 e. The first kappa shape index (κ1) is 13.8. The summed E-state index contributed by atoms with van der Waals surface area (Å²) in [7, 11) is 0. The highest BCUT2D eigenvalue weighted by Crippen LogP contribution is 2.21. The smallest absolute Gasteiger partial charge is 0.405 e. The largest absolute Gasteiger partial charge is 0.465 e. The summed E-state index contributed by atoms with van der Waals surface area (Å²) < 4.78 is 0. The fourth-order valence-electron chi connectivity index (χ4n) is 1.84. The summed E-state index contributed by atoms with van der Waals surface area (Å²) in [6.45, 7) is 8.35. The number of piperazine rings is 1. The van der Waals surface area contributed by atoms with E-state index in [9.17, 15) is 9.59 Å². The molecule has 6 heteroatoms. The molecule has 0 aromatic carbocycles.